The van der Waals surface area contributed by atoms with Gasteiger partial charge in [-0.05, 0) is 36.6 Å². The number of aromatic amines is 1. The van der Waals surface area contributed by atoms with Crippen molar-refractivity contribution >= 4 is 11.6 Å². The minimum absolute atomic E-state index is 0.198. The number of benzene rings is 1. The molecule has 16 heavy (non-hydrogen) atoms. The van der Waals surface area contributed by atoms with Crippen LogP contribution in [-0.4, -0.2) is 21.9 Å². The zero-order valence-electron chi connectivity index (χ0n) is 8.78. The van der Waals surface area contributed by atoms with E-state index in [0.29, 0.717) is 0 Å². The number of nitrogens with zero attached hydrogens (tertiary/aromatic N) is 1. The van der Waals surface area contributed by atoms with Crippen molar-refractivity contribution in [2.75, 3.05) is 6.61 Å². The van der Waals surface area contributed by atoms with E-state index in [1.807, 2.05) is 30.3 Å². The third-order valence-electron chi connectivity index (χ3n) is 2.38. The van der Waals surface area contributed by atoms with Gasteiger partial charge in [-0.25, -0.2) is 0 Å². The van der Waals surface area contributed by atoms with Crippen molar-refractivity contribution in [3.05, 3.63) is 41.0 Å². The molecule has 1 aromatic carbocycles. The second-order valence-corrected chi connectivity index (χ2v) is 4.04. The largest absolute Gasteiger partial charge is 0.396 e. The topological polar surface area (TPSA) is 48.9 Å². The van der Waals surface area contributed by atoms with Crippen LogP contribution in [0.15, 0.2) is 30.3 Å². The molecule has 0 bridgehead atoms. The average molecular weight is 237 g/mol. The molecular formula is C12H13ClN2O. The van der Waals surface area contributed by atoms with Crippen molar-refractivity contribution in [2.24, 2.45) is 0 Å². The third-order valence-corrected chi connectivity index (χ3v) is 2.63. The Bertz CT molecular complexity index is 450. The SMILES string of the molecule is OCCCc1cc(-c2ccc(Cl)cc2)[nH]n1. The highest BCUT2D eigenvalue weighted by atomic mass is 35.5. The summed E-state index contributed by atoms with van der Waals surface area (Å²) in [5.74, 6) is 0. The van der Waals surface area contributed by atoms with Crippen molar-refractivity contribution < 1.29 is 5.11 Å². The van der Waals surface area contributed by atoms with Crippen LogP contribution in [0.4, 0.5) is 0 Å². The van der Waals surface area contributed by atoms with Crippen LogP contribution >= 0.6 is 11.6 Å². The van der Waals surface area contributed by atoms with Crippen LogP contribution in [-0.2, 0) is 6.42 Å². The standard InChI is InChI=1S/C12H13ClN2O/c13-10-5-3-9(4-6-10)12-8-11(14-15-12)2-1-7-16/h3-6,8,16H,1-2,7H2,(H,14,15). The van der Waals surface area contributed by atoms with E-state index in [9.17, 15) is 0 Å². The molecule has 84 valence electrons. The van der Waals surface area contributed by atoms with Gasteiger partial charge >= 0.3 is 0 Å². The molecule has 0 spiro atoms. The summed E-state index contributed by atoms with van der Waals surface area (Å²) >= 11 is 5.82. The van der Waals surface area contributed by atoms with Gasteiger partial charge in [0.05, 0.1) is 11.4 Å². The molecule has 2 aromatic rings. The lowest BCUT2D eigenvalue weighted by molar-refractivity contribution is 0.288. The molecule has 0 saturated heterocycles. The fraction of sp³-hybridized carbons (Fsp3) is 0.250. The van der Waals surface area contributed by atoms with Crippen molar-refractivity contribution in [3.8, 4) is 11.3 Å². The molecular weight excluding hydrogens is 224 g/mol. The Morgan fingerprint density at radius 2 is 2.00 bits per heavy atom. The summed E-state index contributed by atoms with van der Waals surface area (Å²) < 4.78 is 0. The molecule has 0 saturated carbocycles. The van der Waals surface area contributed by atoms with Crippen LogP contribution in [0.1, 0.15) is 12.1 Å². The van der Waals surface area contributed by atoms with Crippen LogP contribution in [0.5, 0.6) is 0 Å². The van der Waals surface area contributed by atoms with Gasteiger partial charge in [-0.15, -0.1) is 0 Å². The van der Waals surface area contributed by atoms with Gasteiger partial charge in [-0.1, -0.05) is 23.7 Å². The zero-order valence-corrected chi connectivity index (χ0v) is 9.54. The molecule has 0 aliphatic rings. The van der Waals surface area contributed by atoms with Gasteiger partial charge in [0, 0.05) is 11.6 Å². The van der Waals surface area contributed by atoms with Crippen LogP contribution in [0.2, 0.25) is 5.02 Å². The Morgan fingerprint density at radius 3 is 2.69 bits per heavy atom. The Labute approximate surface area is 99.1 Å². The van der Waals surface area contributed by atoms with Crippen LogP contribution in [0, 0.1) is 0 Å². The first kappa shape index (κ1) is 11.2. The number of hydrogen-bond acceptors (Lipinski definition) is 2. The van der Waals surface area contributed by atoms with Crippen LogP contribution in [0.25, 0.3) is 11.3 Å². The molecule has 0 aliphatic carbocycles. The molecule has 0 amide bonds. The fourth-order valence-corrected chi connectivity index (χ4v) is 1.65. The van der Waals surface area contributed by atoms with Gasteiger partial charge in [0.15, 0.2) is 0 Å². The van der Waals surface area contributed by atoms with E-state index in [4.69, 9.17) is 16.7 Å². The number of rotatable bonds is 4. The maximum absolute atomic E-state index is 8.73. The minimum atomic E-state index is 0.198. The van der Waals surface area contributed by atoms with Gasteiger partial charge < -0.3 is 5.11 Å². The Hall–Kier alpha value is -1.32. The number of aryl methyl sites for hydroxylation is 1. The molecule has 2 rings (SSSR count). The maximum atomic E-state index is 8.73. The maximum Gasteiger partial charge on any atom is 0.0653 e. The lowest BCUT2D eigenvalue weighted by Crippen LogP contribution is -1.88. The van der Waals surface area contributed by atoms with Crippen molar-refractivity contribution in [2.45, 2.75) is 12.8 Å². The normalized spacial score (nSPS) is 10.6. The first-order valence-electron chi connectivity index (χ1n) is 5.20. The summed E-state index contributed by atoms with van der Waals surface area (Å²) in [6.07, 6.45) is 1.53. The second-order valence-electron chi connectivity index (χ2n) is 3.61. The van der Waals surface area contributed by atoms with Crippen molar-refractivity contribution in [1.29, 1.82) is 0 Å². The Balaban J connectivity index is 2.15. The summed E-state index contributed by atoms with van der Waals surface area (Å²) in [6.45, 7) is 0.198. The quantitative estimate of drug-likeness (QED) is 0.858. The van der Waals surface area contributed by atoms with Crippen LogP contribution in [0.3, 0.4) is 0 Å². The molecule has 0 atom stereocenters. The third kappa shape index (κ3) is 2.62. The first-order chi connectivity index (χ1) is 7.79. The summed E-state index contributed by atoms with van der Waals surface area (Å²) in [4.78, 5) is 0. The van der Waals surface area contributed by atoms with Gasteiger partial charge in [0.1, 0.15) is 0 Å². The van der Waals surface area contributed by atoms with E-state index in [2.05, 4.69) is 10.2 Å². The number of aliphatic hydroxyl groups is 1. The lowest BCUT2D eigenvalue weighted by atomic mass is 10.1. The fourth-order valence-electron chi connectivity index (χ4n) is 1.53. The Kier molecular flexibility index (Phi) is 3.59. The Morgan fingerprint density at radius 1 is 1.25 bits per heavy atom. The number of nitrogens with one attached hydrogen (secondary N) is 1. The predicted molar refractivity (Wildman–Crippen MR) is 64.4 cm³/mol. The smallest absolute Gasteiger partial charge is 0.0653 e. The van der Waals surface area contributed by atoms with E-state index in [1.165, 1.54) is 0 Å². The molecule has 0 aliphatic heterocycles. The van der Waals surface area contributed by atoms with Crippen LogP contribution < -0.4 is 0 Å². The summed E-state index contributed by atoms with van der Waals surface area (Å²) in [7, 11) is 0. The average Bonchev–Trinajstić information content (AvgIpc) is 2.76. The molecule has 0 fully saturated rings. The highest BCUT2D eigenvalue weighted by molar-refractivity contribution is 6.30. The van der Waals surface area contributed by atoms with Gasteiger partial charge in [0.2, 0.25) is 0 Å². The number of H-pyrrole nitrogens is 1. The van der Waals surface area contributed by atoms with Crippen molar-refractivity contribution in [1.82, 2.24) is 10.2 Å². The molecule has 1 heterocycles. The van der Waals surface area contributed by atoms with E-state index < -0.39 is 0 Å². The molecule has 3 nitrogen and oxygen atoms in total. The predicted octanol–water partition coefficient (Wildman–Crippen LogP) is 2.66. The van der Waals surface area contributed by atoms with E-state index in [1.54, 1.807) is 0 Å². The highest BCUT2D eigenvalue weighted by Gasteiger charge is 2.03. The van der Waals surface area contributed by atoms with Gasteiger partial charge in [0.25, 0.3) is 0 Å². The monoisotopic (exact) mass is 236 g/mol. The van der Waals surface area contributed by atoms with E-state index >= 15 is 0 Å². The molecule has 0 radical (unpaired) electrons. The van der Waals surface area contributed by atoms with E-state index in [-0.39, 0.29) is 6.61 Å². The molecule has 4 heteroatoms. The molecule has 0 unspecified atom stereocenters. The minimum Gasteiger partial charge on any atom is -0.396 e. The van der Waals surface area contributed by atoms with Gasteiger partial charge in [-0.2, -0.15) is 5.10 Å². The molecule has 2 N–H and O–H groups in total. The summed E-state index contributed by atoms with van der Waals surface area (Å²) in [5, 5.41) is 16.6. The highest BCUT2D eigenvalue weighted by Crippen LogP contribution is 2.20. The number of aliphatic hydroxyl groups excluding tert-OH is 1. The molecule has 1 aromatic heterocycles. The van der Waals surface area contributed by atoms with Gasteiger partial charge in [-0.3, -0.25) is 5.10 Å². The summed E-state index contributed by atoms with van der Waals surface area (Å²) in [5.41, 5.74) is 3.01. The zero-order chi connectivity index (χ0) is 11.4. The number of halogens is 1. The lowest BCUT2D eigenvalue weighted by Gasteiger charge is -1.96. The first-order valence-corrected chi connectivity index (χ1v) is 5.58. The van der Waals surface area contributed by atoms with E-state index in [0.717, 1.165) is 34.8 Å². The number of hydrogen-bond donors (Lipinski definition) is 2. The second kappa shape index (κ2) is 5.14. The van der Waals surface area contributed by atoms with Crippen molar-refractivity contribution in [3.63, 3.8) is 0 Å². The number of aromatic nitrogens is 2. The summed E-state index contributed by atoms with van der Waals surface area (Å²) in [6, 6.07) is 9.60.